The topological polar surface area (TPSA) is 56.2 Å². The fraction of sp³-hybridized carbons (Fsp3) is 0.636. The molecule has 1 saturated heterocycles. The summed E-state index contributed by atoms with van der Waals surface area (Å²) in [4.78, 5) is 11.5. The molecule has 2 rings (SSSR count). The molecule has 1 aliphatic rings. The van der Waals surface area contributed by atoms with Crippen LogP contribution < -0.4 is 5.32 Å². The molecule has 0 aromatic carbocycles. The lowest BCUT2D eigenvalue weighted by Crippen LogP contribution is -2.32. The summed E-state index contributed by atoms with van der Waals surface area (Å²) in [7, 11) is 0. The summed E-state index contributed by atoms with van der Waals surface area (Å²) in [6.45, 7) is 1.56. The minimum absolute atomic E-state index is 0.219. The second-order valence-corrected chi connectivity index (χ2v) is 4.43. The van der Waals surface area contributed by atoms with Crippen LogP contribution in [0.25, 0.3) is 0 Å². The van der Waals surface area contributed by atoms with E-state index < -0.39 is 11.9 Å². The molecule has 1 aromatic rings. The number of carbonyl (C=O) groups excluding carboxylic acids is 1. The predicted molar refractivity (Wildman–Crippen MR) is 59.2 cm³/mol. The average molecular weight is 277 g/mol. The van der Waals surface area contributed by atoms with Gasteiger partial charge in [0.15, 0.2) is 5.69 Å². The number of amides is 1. The first kappa shape index (κ1) is 13.9. The summed E-state index contributed by atoms with van der Waals surface area (Å²) < 4.78 is 43.0. The third-order valence-corrected chi connectivity index (χ3v) is 2.85. The number of ether oxygens (including phenoxy) is 1. The molecule has 19 heavy (non-hydrogen) atoms. The van der Waals surface area contributed by atoms with Crippen LogP contribution in [0.1, 0.15) is 12.1 Å². The second-order valence-electron chi connectivity index (χ2n) is 4.43. The van der Waals surface area contributed by atoms with Crippen LogP contribution in [0, 0.1) is 5.92 Å². The van der Waals surface area contributed by atoms with Crippen molar-refractivity contribution < 1.29 is 22.7 Å². The number of hydrogen-bond acceptors (Lipinski definition) is 3. The van der Waals surface area contributed by atoms with Crippen molar-refractivity contribution in [3.05, 3.63) is 18.0 Å². The van der Waals surface area contributed by atoms with Crippen LogP contribution in [0.15, 0.2) is 12.3 Å². The van der Waals surface area contributed by atoms with Crippen molar-refractivity contribution >= 4 is 5.91 Å². The van der Waals surface area contributed by atoms with E-state index in [4.69, 9.17) is 4.74 Å². The van der Waals surface area contributed by atoms with Gasteiger partial charge in [0.1, 0.15) is 6.54 Å². The SMILES string of the molecule is O=C(Cn1ccc(C(F)(F)F)n1)NCC1CCOC1. The normalized spacial score (nSPS) is 19.6. The monoisotopic (exact) mass is 277 g/mol. The highest BCUT2D eigenvalue weighted by molar-refractivity contribution is 5.75. The first-order valence-electron chi connectivity index (χ1n) is 5.90. The Balaban J connectivity index is 1.80. The smallest absolute Gasteiger partial charge is 0.381 e. The Morgan fingerprint density at radius 2 is 2.37 bits per heavy atom. The van der Waals surface area contributed by atoms with E-state index in [1.807, 2.05) is 0 Å². The van der Waals surface area contributed by atoms with Gasteiger partial charge in [0, 0.05) is 25.3 Å². The molecular formula is C11H14F3N3O2. The maximum Gasteiger partial charge on any atom is 0.435 e. The van der Waals surface area contributed by atoms with Gasteiger partial charge < -0.3 is 10.1 Å². The van der Waals surface area contributed by atoms with Crippen molar-refractivity contribution in [3.63, 3.8) is 0 Å². The molecule has 5 nitrogen and oxygen atoms in total. The molecule has 8 heteroatoms. The van der Waals surface area contributed by atoms with Crippen LogP contribution in [0.4, 0.5) is 13.2 Å². The van der Waals surface area contributed by atoms with E-state index in [2.05, 4.69) is 10.4 Å². The van der Waals surface area contributed by atoms with Crippen molar-refractivity contribution in [2.45, 2.75) is 19.1 Å². The van der Waals surface area contributed by atoms with E-state index in [9.17, 15) is 18.0 Å². The molecule has 0 aliphatic carbocycles. The Bertz CT molecular complexity index is 439. The van der Waals surface area contributed by atoms with Gasteiger partial charge >= 0.3 is 6.18 Å². The summed E-state index contributed by atoms with van der Waals surface area (Å²) in [5.74, 6) is -0.0731. The molecule has 1 amide bonds. The first-order chi connectivity index (χ1) is 8.95. The molecule has 0 spiro atoms. The summed E-state index contributed by atoms with van der Waals surface area (Å²) in [6.07, 6.45) is -2.45. The number of alkyl halides is 3. The highest BCUT2D eigenvalue weighted by Crippen LogP contribution is 2.27. The number of aromatic nitrogens is 2. The van der Waals surface area contributed by atoms with Gasteiger partial charge in [-0.1, -0.05) is 0 Å². The van der Waals surface area contributed by atoms with Gasteiger partial charge in [-0.2, -0.15) is 18.3 Å². The van der Waals surface area contributed by atoms with Crippen molar-refractivity contribution in [2.24, 2.45) is 5.92 Å². The van der Waals surface area contributed by atoms with Crippen LogP contribution >= 0.6 is 0 Å². The van der Waals surface area contributed by atoms with Crippen LogP contribution in [-0.2, 0) is 22.3 Å². The van der Waals surface area contributed by atoms with Crippen LogP contribution in [0.2, 0.25) is 0 Å². The molecule has 1 atom stereocenters. The van der Waals surface area contributed by atoms with Gasteiger partial charge in [-0.05, 0) is 12.5 Å². The van der Waals surface area contributed by atoms with E-state index >= 15 is 0 Å². The van der Waals surface area contributed by atoms with Gasteiger partial charge in [-0.3, -0.25) is 9.48 Å². The van der Waals surface area contributed by atoms with Gasteiger partial charge in [0.05, 0.1) is 6.61 Å². The van der Waals surface area contributed by atoms with Gasteiger partial charge in [-0.25, -0.2) is 0 Å². The highest BCUT2D eigenvalue weighted by Gasteiger charge is 2.33. The van der Waals surface area contributed by atoms with Crippen molar-refractivity contribution in [1.82, 2.24) is 15.1 Å². The number of halogens is 3. The molecule has 0 saturated carbocycles. The third-order valence-electron chi connectivity index (χ3n) is 2.85. The van der Waals surface area contributed by atoms with Crippen LogP contribution in [0.5, 0.6) is 0 Å². The van der Waals surface area contributed by atoms with E-state index in [-0.39, 0.29) is 18.4 Å². The first-order valence-corrected chi connectivity index (χ1v) is 5.90. The fourth-order valence-corrected chi connectivity index (χ4v) is 1.81. The van der Waals surface area contributed by atoms with Gasteiger partial charge in [-0.15, -0.1) is 0 Å². The van der Waals surface area contributed by atoms with E-state index in [1.54, 1.807) is 0 Å². The lowest BCUT2D eigenvalue weighted by molar-refractivity contribution is -0.141. The summed E-state index contributed by atoms with van der Waals surface area (Å²) in [5.41, 5.74) is -0.996. The minimum atomic E-state index is -4.48. The largest absolute Gasteiger partial charge is 0.435 e. The lowest BCUT2D eigenvalue weighted by Gasteiger charge is -2.09. The van der Waals surface area contributed by atoms with Gasteiger partial charge in [0.2, 0.25) is 5.91 Å². The molecule has 0 radical (unpaired) electrons. The maximum absolute atomic E-state index is 12.3. The number of nitrogens with zero attached hydrogens (tertiary/aromatic N) is 2. The molecule has 0 bridgehead atoms. The molecular weight excluding hydrogens is 263 g/mol. The Morgan fingerprint density at radius 1 is 1.58 bits per heavy atom. The zero-order chi connectivity index (χ0) is 13.9. The summed E-state index contributed by atoms with van der Waals surface area (Å²) >= 11 is 0. The lowest BCUT2D eigenvalue weighted by atomic mass is 10.1. The van der Waals surface area contributed by atoms with Gasteiger partial charge in [0.25, 0.3) is 0 Å². The van der Waals surface area contributed by atoms with Crippen molar-refractivity contribution in [1.29, 1.82) is 0 Å². The molecule has 1 unspecified atom stereocenters. The Morgan fingerprint density at radius 3 is 2.95 bits per heavy atom. The molecule has 106 valence electrons. The standard InChI is InChI=1S/C11H14F3N3O2/c12-11(13,14)9-1-3-17(16-9)6-10(18)15-5-8-2-4-19-7-8/h1,3,8H,2,4-7H2,(H,15,18). The maximum atomic E-state index is 12.3. The van der Waals surface area contributed by atoms with E-state index in [0.29, 0.717) is 19.8 Å². The number of nitrogens with one attached hydrogen (secondary N) is 1. The molecule has 1 fully saturated rings. The van der Waals surface area contributed by atoms with E-state index in [0.717, 1.165) is 23.4 Å². The van der Waals surface area contributed by atoms with E-state index in [1.165, 1.54) is 0 Å². The summed E-state index contributed by atoms with van der Waals surface area (Å²) in [5, 5.41) is 5.97. The van der Waals surface area contributed by atoms with Crippen molar-refractivity contribution in [3.8, 4) is 0 Å². The average Bonchev–Trinajstić information content (AvgIpc) is 2.95. The fourth-order valence-electron chi connectivity index (χ4n) is 1.81. The predicted octanol–water partition coefficient (Wildman–Crippen LogP) is 1.05. The van der Waals surface area contributed by atoms with Crippen LogP contribution in [0.3, 0.4) is 0 Å². The third kappa shape index (κ3) is 3.95. The molecule has 2 heterocycles. The zero-order valence-electron chi connectivity index (χ0n) is 10.1. The molecule has 1 aliphatic heterocycles. The number of hydrogen-bond donors (Lipinski definition) is 1. The number of carbonyl (C=O) groups is 1. The molecule has 1 N–H and O–H groups in total. The Labute approximate surface area is 107 Å². The minimum Gasteiger partial charge on any atom is -0.381 e. The Kier molecular flexibility index (Phi) is 4.08. The van der Waals surface area contributed by atoms with Crippen LogP contribution in [-0.4, -0.2) is 35.4 Å². The molecule has 1 aromatic heterocycles. The highest BCUT2D eigenvalue weighted by atomic mass is 19.4. The van der Waals surface area contributed by atoms with Crippen molar-refractivity contribution in [2.75, 3.05) is 19.8 Å². The quantitative estimate of drug-likeness (QED) is 0.895. The number of rotatable bonds is 4. The zero-order valence-corrected chi connectivity index (χ0v) is 10.1. The summed E-state index contributed by atoms with van der Waals surface area (Å²) in [6, 6.07) is 0.845. The Hall–Kier alpha value is -1.57. The second kappa shape index (κ2) is 5.60.